The van der Waals surface area contributed by atoms with Crippen LogP contribution in [0.2, 0.25) is 0 Å². The normalized spacial score (nSPS) is 12.2. The molecule has 0 aliphatic rings. The lowest BCUT2D eigenvalue weighted by molar-refractivity contribution is 0.0714. The van der Waals surface area contributed by atoms with E-state index in [4.69, 9.17) is 0 Å². The summed E-state index contributed by atoms with van der Waals surface area (Å²) in [6.07, 6.45) is 3.66. The fraction of sp³-hybridized carbons (Fsp3) is 0.385. The molecule has 0 atom stereocenters. The van der Waals surface area contributed by atoms with E-state index in [-0.39, 0.29) is 0 Å². The molecular weight excluding hydrogens is 186 g/mol. The highest BCUT2D eigenvalue weighted by Crippen LogP contribution is 2.18. The molecule has 1 heterocycles. The summed E-state index contributed by atoms with van der Waals surface area (Å²) in [6, 6.07) is 8.46. The minimum Gasteiger partial charge on any atom is -0.390 e. The van der Waals surface area contributed by atoms with Gasteiger partial charge in [0, 0.05) is 11.7 Å². The van der Waals surface area contributed by atoms with Gasteiger partial charge in [0.25, 0.3) is 0 Å². The topological polar surface area (TPSA) is 36.0 Å². The Bertz CT molecular complexity index is 451. The summed E-state index contributed by atoms with van der Waals surface area (Å²) >= 11 is 0. The summed E-state index contributed by atoms with van der Waals surface area (Å²) in [5, 5.41) is 10.9. The molecule has 0 fully saturated rings. The maximum Gasteiger partial charge on any atom is 0.0594 e. The highest BCUT2D eigenvalue weighted by Gasteiger charge is 2.12. The Hall–Kier alpha value is -1.28. The van der Waals surface area contributed by atoms with Gasteiger partial charge in [-0.15, -0.1) is 0 Å². The zero-order valence-corrected chi connectivity index (χ0v) is 9.25. The molecule has 0 aliphatic carbocycles. The van der Waals surface area contributed by atoms with Crippen LogP contribution in [0.15, 0.2) is 30.5 Å². The second kappa shape index (κ2) is 3.70. The van der Waals surface area contributed by atoms with E-state index < -0.39 is 5.60 Å². The van der Waals surface area contributed by atoms with E-state index in [9.17, 15) is 5.11 Å². The molecule has 0 bridgehead atoms. The molecule has 2 nitrogen and oxygen atoms in total. The van der Waals surface area contributed by atoms with Crippen molar-refractivity contribution in [2.24, 2.45) is 0 Å². The highest BCUT2D eigenvalue weighted by atomic mass is 16.3. The number of aromatic nitrogens is 1. The Morgan fingerprint density at radius 3 is 2.80 bits per heavy atom. The van der Waals surface area contributed by atoms with E-state index in [1.807, 2.05) is 20.0 Å². The van der Waals surface area contributed by atoms with Gasteiger partial charge in [-0.1, -0.05) is 6.07 Å². The van der Waals surface area contributed by atoms with Crippen LogP contribution in [0.3, 0.4) is 0 Å². The molecular formula is C13H17NO. The minimum absolute atomic E-state index is 0.576. The van der Waals surface area contributed by atoms with Gasteiger partial charge in [-0.3, -0.25) is 0 Å². The molecule has 0 saturated heterocycles. The van der Waals surface area contributed by atoms with Crippen molar-refractivity contribution >= 4 is 10.9 Å². The molecule has 1 aromatic carbocycles. The minimum atomic E-state index is -0.576. The number of aryl methyl sites for hydroxylation is 1. The first kappa shape index (κ1) is 10.2. The molecule has 0 radical (unpaired) electrons. The maximum absolute atomic E-state index is 9.65. The van der Waals surface area contributed by atoms with Gasteiger partial charge >= 0.3 is 0 Å². The number of rotatable bonds is 3. The number of hydrogen-bond donors (Lipinski definition) is 2. The molecule has 0 unspecified atom stereocenters. The van der Waals surface area contributed by atoms with E-state index in [1.165, 1.54) is 16.5 Å². The summed E-state index contributed by atoms with van der Waals surface area (Å²) in [6.45, 7) is 3.70. The van der Waals surface area contributed by atoms with Crippen molar-refractivity contribution in [3.8, 4) is 0 Å². The number of benzene rings is 1. The number of hydrogen-bond acceptors (Lipinski definition) is 1. The molecule has 0 aliphatic heterocycles. The lowest BCUT2D eigenvalue weighted by Crippen LogP contribution is -2.19. The van der Waals surface area contributed by atoms with Crippen molar-refractivity contribution in [1.82, 2.24) is 4.98 Å². The van der Waals surface area contributed by atoms with Crippen molar-refractivity contribution in [3.05, 3.63) is 36.0 Å². The maximum atomic E-state index is 9.65. The Morgan fingerprint density at radius 1 is 1.27 bits per heavy atom. The second-order valence-corrected chi connectivity index (χ2v) is 4.71. The summed E-state index contributed by atoms with van der Waals surface area (Å²) in [5.74, 6) is 0. The summed E-state index contributed by atoms with van der Waals surface area (Å²) in [4.78, 5) is 3.17. The predicted octanol–water partition coefficient (Wildman–Crippen LogP) is 2.87. The van der Waals surface area contributed by atoms with Crippen LogP contribution in [0.4, 0.5) is 0 Å². The van der Waals surface area contributed by atoms with E-state index >= 15 is 0 Å². The van der Waals surface area contributed by atoms with Crippen LogP contribution in [0.25, 0.3) is 10.9 Å². The van der Waals surface area contributed by atoms with Crippen molar-refractivity contribution in [3.63, 3.8) is 0 Å². The van der Waals surface area contributed by atoms with Gasteiger partial charge < -0.3 is 10.1 Å². The van der Waals surface area contributed by atoms with E-state index in [2.05, 4.69) is 29.2 Å². The molecule has 80 valence electrons. The zero-order chi connectivity index (χ0) is 10.9. The van der Waals surface area contributed by atoms with Crippen molar-refractivity contribution in [1.29, 1.82) is 0 Å². The van der Waals surface area contributed by atoms with Gasteiger partial charge in [-0.25, -0.2) is 0 Å². The summed E-state index contributed by atoms with van der Waals surface area (Å²) < 4.78 is 0. The van der Waals surface area contributed by atoms with Crippen LogP contribution < -0.4 is 0 Å². The number of aliphatic hydroxyl groups is 1. The second-order valence-electron chi connectivity index (χ2n) is 4.71. The Morgan fingerprint density at radius 2 is 2.07 bits per heavy atom. The van der Waals surface area contributed by atoms with E-state index in [0.717, 1.165) is 12.8 Å². The van der Waals surface area contributed by atoms with Crippen molar-refractivity contribution in [2.45, 2.75) is 32.3 Å². The molecule has 0 saturated carbocycles. The third-order valence-corrected chi connectivity index (χ3v) is 2.64. The lowest BCUT2D eigenvalue weighted by atomic mass is 9.98. The van der Waals surface area contributed by atoms with Crippen LogP contribution in [-0.4, -0.2) is 15.7 Å². The molecule has 2 heteroatoms. The van der Waals surface area contributed by atoms with E-state index in [1.54, 1.807) is 0 Å². The molecule has 0 spiro atoms. The molecule has 0 amide bonds. The molecule has 1 aromatic heterocycles. The van der Waals surface area contributed by atoms with Crippen LogP contribution in [0, 0.1) is 0 Å². The number of aromatic amines is 1. The third-order valence-electron chi connectivity index (χ3n) is 2.64. The van der Waals surface area contributed by atoms with Gasteiger partial charge in [0.2, 0.25) is 0 Å². The van der Waals surface area contributed by atoms with E-state index in [0.29, 0.717) is 0 Å². The first-order valence-corrected chi connectivity index (χ1v) is 5.33. The number of nitrogens with one attached hydrogen (secondary N) is 1. The summed E-state index contributed by atoms with van der Waals surface area (Å²) in [5.41, 5.74) is 1.87. The smallest absolute Gasteiger partial charge is 0.0594 e. The largest absolute Gasteiger partial charge is 0.390 e. The number of fused-ring (bicyclic) bond motifs is 1. The average Bonchev–Trinajstić information content (AvgIpc) is 2.60. The van der Waals surface area contributed by atoms with Crippen LogP contribution in [0.5, 0.6) is 0 Å². The van der Waals surface area contributed by atoms with Gasteiger partial charge in [0.05, 0.1) is 5.60 Å². The predicted molar refractivity (Wildman–Crippen MR) is 62.9 cm³/mol. The average molecular weight is 203 g/mol. The monoisotopic (exact) mass is 203 g/mol. The van der Waals surface area contributed by atoms with Gasteiger partial charge in [0.15, 0.2) is 0 Å². The molecule has 2 N–H and O–H groups in total. The molecule has 2 rings (SSSR count). The fourth-order valence-corrected chi connectivity index (χ4v) is 1.71. The first-order valence-electron chi connectivity index (χ1n) is 5.33. The summed E-state index contributed by atoms with van der Waals surface area (Å²) in [7, 11) is 0. The van der Waals surface area contributed by atoms with Crippen molar-refractivity contribution in [2.75, 3.05) is 0 Å². The SMILES string of the molecule is CC(C)(O)CCc1ccc2[nH]ccc2c1. The zero-order valence-electron chi connectivity index (χ0n) is 9.25. The lowest BCUT2D eigenvalue weighted by Gasteiger charge is -2.16. The molecule has 2 aromatic rings. The Labute approximate surface area is 89.9 Å². The van der Waals surface area contributed by atoms with Crippen LogP contribution in [-0.2, 0) is 6.42 Å². The third kappa shape index (κ3) is 2.60. The molecule has 15 heavy (non-hydrogen) atoms. The Balaban J connectivity index is 2.15. The van der Waals surface area contributed by atoms with Gasteiger partial charge in [-0.05, 0) is 55.8 Å². The van der Waals surface area contributed by atoms with Crippen molar-refractivity contribution < 1.29 is 5.11 Å². The Kier molecular flexibility index (Phi) is 2.53. The number of H-pyrrole nitrogens is 1. The van der Waals surface area contributed by atoms with Crippen LogP contribution in [0.1, 0.15) is 25.8 Å². The van der Waals surface area contributed by atoms with Gasteiger partial charge in [-0.2, -0.15) is 0 Å². The standard InChI is InChI=1S/C13H17NO/c1-13(2,15)7-5-10-3-4-12-11(9-10)6-8-14-12/h3-4,6,8-9,14-15H,5,7H2,1-2H3. The fourth-order valence-electron chi connectivity index (χ4n) is 1.71. The first-order chi connectivity index (χ1) is 7.04. The quantitative estimate of drug-likeness (QED) is 0.790. The van der Waals surface area contributed by atoms with Crippen LogP contribution >= 0.6 is 0 Å². The van der Waals surface area contributed by atoms with Gasteiger partial charge in [0.1, 0.15) is 0 Å². The highest BCUT2D eigenvalue weighted by molar-refractivity contribution is 5.79.